The van der Waals surface area contributed by atoms with Gasteiger partial charge in [0.05, 0.1) is 49.5 Å². The fraction of sp³-hybridized carbons (Fsp3) is 0.0357. The third-order valence-corrected chi connectivity index (χ3v) is 25.3. The monoisotopic (exact) mass is 1480 g/mol. The van der Waals surface area contributed by atoms with E-state index in [9.17, 15) is 0 Å². The largest absolute Gasteiger partial charge is 0.309 e. The topological polar surface area (TPSA) is 19.7 Å². The van der Waals surface area contributed by atoms with Crippen molar-refractivity contribution in [2.45, 2.75) is 24.7 Å². The van der Waals surface area contributed by atoms with Crippen molar-refractivity contribution in [1.82, 2.24) is 18.3 Å². The zero-order valence-corrected chi connectivity index (χ0v) is 64.2. The van der Waals surface area contributed by atoms with Crippen LogP contribution >= 0.6 is 0 Å². The Balaban J connectivity index is 0.000000139. The second-order valence-electron chi connectivity index (χ2n) is 31.8. The minimum absolute atomic E-state index is 0.0603. The van der Waals surface area contributed by atoms with E-state index in [1.807, 2.05) is 0 Å². The van der Waals surface area contributed by atoms with Gasteiger partial charge in [0.2, 0.25) is 0 Å². The maximum absolute atomic E-state index is 2.43. The molecule has 0 bridgehead atoms. The van der Waals surface area contributed by atoms with Gasteiger partial charge in [0.25, 0.3) is 0 Å². The SMILES string of the molecule is CC1(C)c2ccccc2-c2cccc(-c3ccc(-n4c5ccccc5c5cc(-c6ccc7c(c6)c6ccccc6n7-c6ccccc6)ccc54)cc3)c21.c1ccc(-n2c3ccccc3c3cc(-c4ccc5c(c4)c4ccccc4n5-c4ccc(-c5cccc6c5C(c5ccccc5)(c5ccccc5)c5ccccc5-6)cc4)ccc32)cc1. The van der Waals surface area contributed by atoms with E-state index in [1.165, 1.54) is 199 Å². The van der Waals surface area contributed by atoms with Crippen LogP contribution < -0.4 is 0 Å². The van der Waals surface area contributed by atoms with Gasteiger partial charge in [-0.15, -0.1) is 0 Å². The molecule has 4 heteroatoms. The van der Waals surface area contributed by atoms with E-state index >= 15 is 0 Å². The van der Waals surface area contributed by atoms with E-state index in [0.717, 1.165) is 11.4 Å². The summed E-state index contributed by atoms with van der Waals surface area (Å²) in [4.78, 5) is 0. The fourth-order valence-electron chi connectivity index (χ4n) is 20.3. The molecule has 0 saturated carbocycles. The van der Waals surface area contributed by atoms with Crippen molar-refractivity contribution in [3.05, 3.63) is 458 Å². The zero-order chi connectivity index (χ0) is 76.7. The average Bonchev–Trinajstić information content (AvgIpc) is 1.51. The molecule has 24 rings (SSSR count). The van der Waals surface area contributed by atoms with Crippen LogP contribution in [0.2, 0.25) is 0 Å². The summed E-state index contributed by atoms with van der Waals surface area (Å²) in [5.74, 6) is 0. The Labute approximate surface area is 673 Å². The van der Waals surface area contributed by atoms with Crippen molar-refractivity contribution < 1.29 is 0 Å². The first kappa shape index (κ1) is 66.9. The quantitative estimate of drug-likeness (QED) is 0.130. The lowest BCUT2D eigenvalue weighted by Crippen LogP contribution is -2.29. The van der Waals surface area contributed by atoms with Crippen LogP contribution in [0, 0.1) is 0 Å². The molecule has 4 nitrogen and oxygen atoms in total. The van der Waals surface area contributed by atoms with Crippen molar-refractivity contribution in [2.75, 3.05) is 0 Å². The number of hydrogen-bond acceptors (Lipinski definition) is 0. The minimum Gasteiger partial charge on any atom is -0.309 e. The van der Waals surface area contributed by atoms with Gasteiger partial charge in [-0.2, -0.15) is 0 Å². The van der Waals surface area contributed by atoms with Gasteiger partial charge in [0.15, 0.2) is 0 Å². The summed E-state index contributed by atoms with van der Waals surface area (Å²) in [7, 11) is 0. The van der Waals surface area contributed by atoms with Crippen LogP contribution in [0.5, 0.6) is 0 Å². The molecular weight excluding hydrogens is 1400 g/mol. The second kappa shape index (κ2) is 26.4. The molecule has 18 aromatic carbocycles. The molecule has 0 radical (unpaired) electrons. The van der Waals surface area contributed by atoms with Crippen molar-refractivity contribution in [3.8, 4) is 89.5 Å². The van der Waals surface area contributed by atoms with Gasteiger partial charge in [-0.3, -0.25) is 0 Å². The Bertz CT molecular complexity index is 7640. The maximum Gasteiger partial charge on any atom is 0.0719 e. The third kappa shape index (κ3) is 10.1. The summed E-state index contributed by atoms with van der Waals surface area (Å²) >= 11 is 0. The Morgan fingerprint density at radius 3 is 0.810 bits per heavy atom. The minimum atomic E-state index is -0.474. The van der Waals surface area contributed by atoms with E-state index < -0.39 is 5.41 Å². The van der Waals surface area contributed by atoms with Crippen LogP contribution in [-0.2, 0) is 10.8 Å². The zero-order valence-electron chi connectivity index (χ0n) is 64.2. The predicted molar refractivity (Wildman–Crippen MR) is 487 cm³/mol. The highest BCUT2D eigenvalue weighted by Crippen LogP contribution is 2.59. The normalized spacial score (nSPS) is 13.1. The average molecular weight is 1480 g/mol. The van der Waals surface area contributed by atoms with Crippen molar-refractivity contribution in [3.63, 3.8) is 0 Å². The van der Waals surface area contributed by atoms with Gasteiger partial charge in [-0.25, -0.2) is 0 Å². The molecular formula is C112H76N4. The van der Waals surface area contributed by atoms with Crippen molar-refractivity contribution >= 4 is 87.2 Å². The standard InChI is InChI=1S/C61H40N2.C51H36N2/c1-4-17-44(18-5-1)61(45-19-6-2-7-20-45)55-28-13-10-23-49(55)52-27-16-26-48(60(52)61)41-31-35-47(36-32-41)63-57-30-15-12-25-51(57)54-40-43(34-38-59(54)63)42-33-37-58-53(39-42)50-24-11-14-29-56(50)62(58)46-21-8-3-9-22-46;1-51(2)45-20-9-6-15-39(45)42-19-12-18-38(50(42)51)33-23-27-37(28-24-33)53-47-22-11-8-17-41(47)44-32-35(26-30-49(44)53)34-25-29-48-43(31-34)40-16-7-10-21-46(40)52(48)36-13-4-3-5-14-36/h1-40H;3-32H,1-2H3. The molecule has 0 N–H and O–H groups in total. The first-order valence-electron chi connectivity index (χ1n) is 40.4. The van der Waals surface area contributed by atoms with E-state index in [0.29, 0.717) is 0 Å². The van der Waals surface area contributed by atoms with Crippen LogP contribution in [0.25, 0.3) is 177 Å². The molecule has 0 fully saturated rings. The summed E-state index contributed by atoms with van der Waals surface area (Å²) in [6.07, 6.45) is 0. The van der Waals surface area contributed by atoms with Gasteiger partial charge in [-0.05, 0) is 221 Å². The van der Waals surface area contributed by atoms with E-state index in [-0.39, 0.29) is 5.41 Å². The molecule has 2 aliphatic rings. The lowest BCUT2D eigenvalue weighted by atomic mass is 9.66. The third-order valence-electron chi connectivity index (χ3n) is 25.3. The highest BCUT2D eigenvalue weighted by molar-refractivity contribution is 6.15. The molecule has 116 heavy (non-hydrogen) atoms. The Morgan fingerprint density at radius 1 is 0.172 bits per heavy atom. The predicted octanol–water partition coefficient (Wildman–Crippen LogP) is 29.1. The highest BCUT2D eigenvalue weighted by Gasteiger charge is 2.47. The van der Waals surface area contributed by atoms with Crippen LogP contribution in [0.3, 0.4) is 0 Å². The van der Waals surface area contributed by atoms with Crippen molar-refractivity contribution in [2.24, 2.45) is 0 Å². The Hall–Kier alpha value is -14.8. The summed E-state index contributed by atoms with van der Waals surface area (Å²) in [5, 5.41) is 10.1. The van der Waals surface area contributed by atoms with Crippen LogP contribution in [0.4, 0.5) is 0 Å². The summed E-state index contributed by atoms with van der Waals surface area (Å²) in [5.41, 5.74) is 37.0. The van der Waals surface area contributed by atoms with Gasteiger partial charge >= 0.3 is 0 Å². The molecule has 0 saturated heterocycles. The summed E-state index contributed by atoms with van der Waals surface area (Å²) < 4.78 is 9.60. The number of nitrogens with zero attached hydrogens (tertiary/aromatic N) is 4. The van der Waals surface area contributed by atoms with Gasteiger partial charge in [0, 0.05) is 71.3 Å². The lowest BCUT2D eigenvalue weighted by molar-refractivity contribution is 0.662. The number of aromatic nitrogens is 4. The first-order chi connectivity index (χ1) is 57.3. The van der Waals surface area contributed by atoms with E-state index in [1.54, 1.807) is 0 Å². The molecule has 0 atom stereocenters. The van der Waals surface area contributed by atoms with Gasteiger partial charge in [0.1, 0.15) is 0 Å². The fourth-order valence-corrected chi connectivity index (χ4v) is 20.3. The van der Waals surface area contributed by atoms with Crippen LogP contribution in [0.15, 0.2) is 425 Å². The molecule has 4 aromatic heterocycles. The highest BCUT2D eigenvalue weighted by atomic mass is 15.0. The molecule has 22 aromatic rings. The van der Waals surface area contributed by atoms with E-state index in [2.05, 4.69) is 457 Å². The molecule has 4 heterocycles. The molecule has 2 aliphatic carbocycles. The number of fused-ring (bicyclic) bond motifs is 18. The first-order valence-corrected chi connectivity index (χ1v) is 40.4. The van der Waals surface area contributed by atoms with Crippen molar-refractivity contribution in [1.29, 1.82) is 0 Å². The number of benzene rings is 18. The summed E-state index contributed by atoms with van der Waals surface area (Å²) in [6, 6.07) is 156. The molecule has 0 amide bonds. The molecule has 0 unspecified atom stereocenters. The molecule has 544 valence electrons. The van der Waals surface area contributed by atoms with Crippen LogP contribution in [0.1, 0.15) is 47.2 Å². The Morgan fingerprint density at radius 2 is 0.431 bits per heavy atom. The molecule has 0 aliphatic heterocycles. The van der Waals surface area contributed by atoms with Gasteiger partial charge in [-0.1, -0.05) is 317 Å². The number of hydrogen-bond donors (Lipinski definition) is 0. The smallest absolute Gasteiger partial charge is 0.0719 e. The second-order valence-corrected chi connectivity index (χ2v) is 31.8. The van der Waals surface area contributed by atoms with E-state index in [4.69, 9.17) is 0 Å². The number of rotatable bonds is 10. The summed E-state index contributed by atoms with van der Waals surface area (Å²) in [6.45, 7) is 4.73. The van der Waals surface area contributed by atoms with Gasteiger partial charge < -0.3 is 18.3 Å². The molecule has 0 spiro atoms. The number of para-hydroxylation sites is 6. The maximum atomic E-state index is 2.43. The Kier molecular flexibility index (Phi) is 15.2. The van der Waals surface area contributed by atoms with Crippen LogP contribution in [-0.4, -0.2) is 18.3 Å². The lowest BCUT2D eigenvalue weighted by Gasteiger charge is -2.35.